The van der Waals surface area contributed by atoms with Crippen molar-refractivity contribution >= 4 is 0 Å². The summed E-state index contributed by atoms with van der Waals surface area (Å²) >= 11 is 0. The van der Waals surface area contributed by atoms with Gasteiger partial charge in [0.2, 0.25) is 0 Å². The lowest BCUT2D eigenvalue weighted by Gasteiger charge is -2.16. The van der Waals surface area contributed by atoms with Crippen LogP contribution in [-0.4, -0.2) is 18.7 Å². The van der Waals surface area contributed by atoms with Crippen LogP contribution in [0, 0.1) is 5.82 Å². The highest BCUT2D eigenvalue weighted by atomic mass is 19.1. The van der Waals surface area contributed by atoms with E-state index < -0.39 is 0 Å². The van der Waals surface area contributed by atoms with Gasteiger partial charge in [0, 0.05) is 6.04 Å². The van der Waals surface area contributed by atoms with E-state index >= 15 is 0 Å². The Hall–Kier alpha value is -1.09. The van der Waals surface area contributed by atoms with E-state index in [1.807, 2.05) is 6.92 Å². The van der Waals surface area contributed by atoms with Gasteiger partial charge in [-0.1, -0.05) is 26.0 Å². The predicted molar refractivity (Wildman–Crippen MR) is 64.2 cm³/mol. The van der Waals surface area contributed by atoms with Gasteiger partial charge in [-0.05, 0) is 32.0 Å². The number of para-hydroxylation sites is 1. The van der Waals surface area contributed by atoms with Crippen LogP contribution in [0.15, 0.2) is 24.3 Å². The smallest absolute Gasteiger partial charge is 0.165 e. The van der Waals surface area contributed by atoms with Crippen molar-refractivity contribution in [3.05, 3.63) is 30.1 Å². The highest BCUT2D eigenvalue weighted by molar-refractivity contribution is 5.23. The van der Waals surface area contributed by atoms with Gasteiger partial charge in [-0.3, -0.25) is 0 Å². The second-order valence-corrected chi connectivity index (χ2v) is 4.26. The van der Waals surface area contributed by atoms with E-state index in [1.165, 1.54) is 6.07 Å². The fraction of sp³-hybridized carbons (Fsp3) is 0.538. The molecule has 90 valence electrons. The zero-order valence-electron chi connectivity index (χ0n) is 10.2. The minimum Gasteiger partial charge on any atom is -0.488 e. The first kappa shape index (κ1) is 13.0. The second-order valence-electron chi connectivity index (χ2n) is 4.26. The van der Waals surface area contributed by atoms with Crippen molar-refractivity contribution in [3.63, 3.8) is 0 Å². The molecule has 0 saturated heterocycles. The molecule has 3 heteroatoms. The van der Waals surface area contributed by atoms with Crippen LogP contribution >= 0.6 is 0 Å². The van der Waals surface area contributed by atoms with Crippen molar-refractivity contribution < 1.29 is 9.13 Å². The fourth-order valence-electron chi connectivity index (χ4n) is 1.39. The Labute approximate surface area is 96.8 Å². The van der Waals surface area contributed by atoms with Crippen molar-refractivity contribution in [1.82, 2.24) is 5.32 Å². The Morgan fingerprint density at radius 2 is 1.94 bits per heavy atom. The Kier molecular flexibility index (Phi) is 5.26. The number of hydrogen-bond acceptors (Lipinski definition) is 2. The number of rotatable bonds is 6. The molecule has 1 aromatic carbocycles. The van der Waals surface area contributed by atoms with Gasteiger partial charge in [0.15, 0.2) is 11.6 Å². The number of nitrogens with one attached hydrogen (secondary N) is 1. The van der Waals surface area contributed by atoms with Crippen molar-refractivity contribution in [2.75, 3.05) is 6.54 Å². The van der Waals surface area contributed by atoms with Crippen LogP contribution in [0.5, 0.6) is 5.75 Å². The van der Waals surface area contributed by atoms with Crippen molar-refractivity contribution in [3.8, 4) is 5.75 Å². The summed E-state index contributed by atoms with van der Waals surface area (Å²) in [4.78, 5) is 0. The van der Waals surface area contributed by atoms with E-state index in [2.05, 4.69) is 19.2 Å². The molecule has 0 heterocycles. The lowest BCUT2D eigenvalue weighted by Crippen LogP contribution is -2.27. The third-order valence-corrected chi connectivity index (χ3v) is 2.27. The van der Waals surface area contributed by atoms with E-state index in [1.54, 1.807) is 18.2 Å². The Balaban J connectivity index is 2.34. The molecular weight excluding hydrogens is 205 g/mol. The van der Waals surface area contributed by atoms with Gasteiger partial charge in [-0.2, -0.15) is 0 Å². The SMILES string of the molecule is CC(C)NCCC(C)Oc1ccccc1F. The summed E-state index contributed by atoms with van der Waals surface area (Å²) < 4.78 is 18.8. The van der Waals surface area contributed by atoms with E-state index in [0.717, 1.165) is 13.0 Å². The highest BCUT2D eigenvalue weighted by Crippen LogP contribution is 2.17. The van der Waals surface area contributed by atoms with Crippen LogP contribution in [0.4, 0.5) is 4.39 Å². The lowest BCUT2D eigenvalue weighted by molar-refractivity contribution is 0.200. The Morgan fingerprint density at radius 3 is 2.56 bits per heavy atom. The first-order valence-corrected chi connectivity index (χ1v) is 5.74. The van der Waals surface area contributed by atoms with Crippen molar-refractivity contribution in [2.24, 2.45) is 0 Å². The number of hydrogen-bond donors (Lipinski definition) is 1. The molecule has 0 amide bonds. The van der Waals surface area contributed by atoms with Crippen molar-refractivity contribution in [1.29, 1.82) is 0 Å². The summed E-state index contributed by atoms with van der Waals surface area (Å²) in [5.74, 6) is 0.0331. The molecule has 0 aliphatic heterocycles. The number of benzene rings is 1. The average molecular weight is 225 g/mol. The highest BCUT2D eigenvalue weighted by Gasteiger charge is 2.07. The topological polar surface area (TPSA) is 21.3 Å². The van der Waals surface area contributed by atoms with Crippen LogP contribution in [0.3, 0.4) is 0 Å². The summed E-state index contributed by atoms with van der Waals surface area (Å²) in [7, 11) is 0. The molecule has 1 atom stereocenters. The summed E-state index contributed by atoms with van der Waals surface area (Å²) in [5, 5.41) is 3.30. The van der Waals surface area contributed by atoms with Crippen LogP contribution in [-0.2, 0) is 0 Å². The first-order chi connectivity index (χ1) is 7.59. The van der Waals surface area contributed by atoms with Gasteiger partial charge in [0.05, 0.1) is 6.10 Å². The van der Waals surface area contributed by atoms with Gasteiger partial charge in [-0.15, -0.1) is 0 Å². The molecule has 0 radical (unpaired) electrons. The third kappa shape index (κ3) is 4.62. The zero-order chi connectivity index (χ0) is 12.0. The first-order valence-electron chi connectivity index (χ1n) is 5.74. The second kappa shape index (κ2) is 6.48. The van der Waals surface area contributed by atoms with Gasteiger partial charge >= 0.3 is 0 Å². The molecular formula is C13H20FNO. The van der Waals surface area contributed by atoms with E-state index in [-0.39, 0.29) is 11.9 Å². The molecule has 0 aliphatic rings. The maximum atomic E-state index is 13.3. The molecule has 0 bridgehead atoms. The van der Waals surface area contributed by atoms with Gasteiger partial charge in [0.25, 0.3) is 0 Å². The van der Waals surface area contributed by atoms with Crippen molar-refractivity contribution in [2.45, 2.75) is 39.3 Å². The minimum atomic E-state index is -0.300. The van der Waals surface area contributed by atoms with Gasteiger partial charge in [-0.25, -0.2) is 4.39 Å². The van der Waals surface area contributed by atoms with Crippen LogP contribution in [0.1, 0.15) is 27.2 Å². The summed E-state index contributed by atoms with van der Waals surface area (Å²) in [6, 6.07) is 6.97. The molecule has 1 unspecified atom stereocenters. The van der Waals surface area contributed by atoms with E-state index in [0.29, 0.717) is 11.8 Å². The molecule has 1 aromatic rings. The Bertz CT molecular complexity index is 315. The maximum Gasteiger partial charge on any atom is 0.165 e. The molecule has 0 saturated carbocycles. The minimum absolute atomic E-state index is 0.0168. The number of ether oxygens (including phenoxy) is 1. The van der Waals surface area contributed by atoms with Gasteiger partial charge < -0.3 is 10.1 Å². The van der Waals surface area contributed by atoms with E-state index in [4.69, 9.17) is 4.74 Å². The molecule has 16 heavy (non-hydrogen) atoms. The van der Waals surface area contributed by atoms with Crippen LogP contribution in [0.2, 0.25) is 0 Å². The Morgan fingerprint density at radius 1 is 1.25 bits per heavy atom. The van der Waals surface area contributed by atoms with Crippen LogP contribution in [0.25, 0.3) is 0 Å². The fourth-order valence-corrected chi connectivity index (χ4v) is 1.39. The quantitative estimate of drug-likeness (QED) is 0.803. The third-order valence-electron chi connectivity index (χ3n) is 2.27. The standard InChI is InChI=1S/C13H20FNO/c1-10(2)15-9-8-11(3)16-13-7-5-4-6-12(13)14/h4-7,10-11,15H,8-9H2,1-3H3. The monoisotopic (exact) mass is 225 g/mol. The zero-order valence-corrected chi connectivity index (χ0v) is 10.2. The average Bonchev–Trinajstić information content (AvgIpc) is 2.21. The van der Waals surface area contributed by atoms with E-state index in [9.17, 15) is 4.39 Å². The molecule has 1 N–H and O–H groups in total. The number of halogens is 1. The molecule has 0 aliphatic carbocycles. The molecule has 1 rings (SSSR count). The summed E-state index contributed by atoms with van der Waals surface area (Å²) in [5.41, 5.74) is 0. The molecule has 0 spiro atoms. The normalized spacial score (nSPS) is 12.8. The maximum absolute atomic E-state index is 13.3. The van der Waals surface area contributed by atoms with Crippen LogP contribution < -0.4 is 10.1 Å². The predicted octanol–water partition coefficient (Wildman–Crippen LogP) is 2.98. The molecule has 2 nitrogen and oxygen atoms in total. The summed E-state index contributed by atoms with van der Waals surface area (Å²) in [6.45, 7) is 7.03. The summed E-state index contributed by atoms with van der Waals surface area (Å²) in [6.07, 6.45) is 0.884. The molecule has 0 aromatic heterocycles. The largest absolute Gasteiger partial charge is 0.488 e. The van der Waals surface area contributed by atoms with Gasteiger partial charge in [0.1, 0.15) is 0 Å². The lowest BCUT2D eigenvalue weighted by atomic mass is 10.2. The molecule has 0 fully saturated rings.